The van der Waals surface area contributed by atoms with Gasteiger partial charge in [-0.2, -0.15) is 0 Å². The topological polar surface area (TPSA) is 55.3 Å². The van der Waals surface area contributed by atoms with Gasteiger partial charge in [0.05, 0.1) is 18.1 Å². The number of hydrogen-bond donors (Lipinski definition) is 0. The number of hydrogen-bond acceptors (Lipinski definition) is 5. The molecule has 0 fully saturated rings. The van der Waals surface area contributed by atoms with Gasteiger partial charge in [-0.3, -0.25) is 0 Å². The standard InChI is InChI=1S/C46H27N3O2.CH4.Pt/c1-2-12-30(13-3-1)35-18-4-7-21-42(35)49(33-16-10-14-31(24-33)40-26-38-36-19-5-8-22-43(36)50-45(38)28-47-40)34-17-11-15-32(25-34)41-27-39-37-20-6-9-23-44(37)51-46(39)29-48-41;;/h1-23,26-29H;1H4;/q-2;;+2. The third-order valence-electron chi connectivity index (χ3n) is 9.35. The molecule has 0 aliphatic carbocycles. The number of anilines is 3. The smallest absolute Gasteiger partial charge is 0.455 e. The minimum Gasteiger partial charge on any atom is -0.455 e. The van der Waals surface area contributed by atoms with Crippen molar-refractivity contribution in [1.29, 1.82) is 0 Å². The predicted molar refractivity (Wildman–Crippen MR) is 212 cm³/mol. The largest absolute Gasteiger partial charge is 2.00 e. The van der Waals surface area contributed by atoms with Gasteiger partial charge in [0, 0.05) is 27.1 Å². The number of benzene rings is 6. The number of nitrogens with zero attached hydrogens (tertiary/aromatic N) is 3. The maximum Gasteiger partial charge on any atom is 2.00 e. The molecule has 256 valence electrons. The Bertz CT molecular complexity index is 2740. The molecule has 0 aliphatic rings. The van der Waals surface area contributed by atoms with E-state index in [4.69, 9.17) is 18.8 Å². The van der Waals surface area contributed by atoms with Crippen LogP contribution in [0.2, 0.25) is 0 Å². The third-order valence-corrected chi connectivity index (χ3v) is 9.35. The molecule has 5 nitrogen and oxygen atoms in total. The summed E-state index contributed by atoms with van der Waals surface area (Å²) in [6, 6.07) is 59.1. The van der Waals surface area contributed by atoms with Crippen LogP contribution in [0.1, 0.15) is 7.43 Å². The molecule has 0 atom stereocenters. The Morgan fingerprint density at radius 1 is 0.453 bits per heavy atom. The van der Waals surface area contributed by atoms with Crippen molar-refractivity contribution in [2.45, 2.75) is 7.43 Å². The van der Waals surface area contributed by atoms with Crippen LogP contribution in [-0.2, 0) is 21.1 Å². The molecule has 4 aromatic heterocycles. The summed E-state index contributed by atoms with van der Waals surface area (Å²) in [5.74, 6) is 0. The first-order valence-corrected chi connectivity index (χ1v) is 16.8. The number of fused-ring (bicyclic) bond motifs is 6. The number of furan rings is 2. The van der Waals surface area contributed by atoms with E-state index in [0.29, 0.717) is 0 Å². The third kappa shape index (κ3) is 5.99. The van der Waals surface area contributed by atoms with Crippen LogP contribution in [0.5, 0.6) is 0 Å². The van der Waals surface area contributed by atoms with Gasteiger partial charge in [0.2, 0.25) is 0 Å². The first-order chi connectivity index (χ1) is 25.3. The predicted octanol–water partition coefficient (Wildman–Crippen LogP) is 13.0. The van der Waals surface area contributed by atoms with Crippen LogP contribution in [0.25, 0.3) is 77.5 Å². The van der Waals surface area contributed by atoms with E-state index in [9.17, 15) is 0 Å². The molecular weight excluding hydrogens is 834 g/mol. The van der Waals surface area contributed by atoms with Gasteiger partial charge >= 0.3 is 21.1 Å². The van der Waals surface area contributed by atoms with Gasteiger partial charge in [0.1, 0.15) is 11.2 Å². The molecule has 0 radical (unpaired) electrons. The molecule has 0 saturated heterocycles. The summed E-state index contributed by atoms with van der Waals surface area (Å²) in [6.45, 7) is 0. The molecular formula is C47H31N3O2Pt. The Morgan fingerprint density at radius 2 is 0.943 bits per heavy atom. The zero-order chi connectivity index (χ0) is 33.7. The molecule has 53 heavy (non-hydrogen) atoms. The molecule has 10 rings (SSSR count). The first kappa shape index (κ1) is 33.8. The van der Waals surface area contributed by atoms with Gasteiger partial charge in [0.15, 0.2) is 11.2 Å². The monoisotopic (exact) mass is 864 g/mol. The molecule has 10 aromatic rings. The number of rotatable bonds is 6. The molecule has 0 amide bonds. The fourth-order valence-corrected chi connectivity index (χ4v) is 6.95. The molecule has 6 heteroatoms. The summed E-state index contributed by atoms with van der Waals surface area (Å²) in [4.78, 5) is 11.8. The minimum absolute atomic E-state index is 0. The normalized spacial score (nSPS) is 11.1. The maximum atomic E-state index is 6.07. The zero-order valence-corrected chi connectivity index (χ0v) is 29.8. The quantitative estimate of drug-likeness (QED) is 0.156. The summed E-state index contributed by atoms with van der Waals surface area (Å²) in [6.07, 6.45) is 3.61. The Kier molecular flexibility index (Phi) is 8.95. The van der Waals surface area contributed by atoms with Gasteiger partial charge in [-0.25, -0.2) is 0 Å². The number of para-hydroxylation sites is 3. The second-order valence-electron chi connectivity index (χ2n) is 12.4. The van der Waals surface area contributed by atoms with E-state index in [1.807, 2.05) is 42.5 Å². The fraction of sp³-hybridized carbons (Fsp3) is 0.0213. The summed E-state index contributed by atoms with van der Waals surface area (Å²) in [7, 11) is 0. The molecule has 4 heterocycles. The van der Waals surface area contributed by atoms with Crippen molar-refractivity contribution in [2.24, 2.45) is 0 Å². The van der Waals surface area contributed by atoms with Crippen molar-refractivity contribution in [2.75, 3.05) is 4.90 Å². The van der Waals surface area contributed by atoms with Gasteiger partial charge in [-0.05, 0) is 46.5 Å². The summed E-state index contributed by atoms with van der Waals surface area (Å²) < 4.78 is 12.1. The molecule has 0 aliphatic heterocycles. The molecule has 0 spiro atoms. The van der Waals surface area contributed by atoms with Gasteiger partial charge < -0.3 is 23.7 Å². The van der Waals surface area contributed by atoms with Crippen molar-refractivity contribution in [3.8, 4) is 33.6 Å². The van der Waals surface area contributed by atoms with E-state index in [1.165, 1.54) is 0 Å². The molecule has 0 bridgehead atoms. The van der Waals surface area contributed by atoms with Crippen molar-refractivity contribution in [3.05, 3.63) is 176 Å². The van der Waals surface area contributed by atoms with Gasteiger partial charge in [-0.1, -0.05) is 104 Å². The second-order valence-corrected chi connectivity index (χ2v) is 12.4. The Balaban J connectivity index is 0.00000200. The van der Waals surface area contributed by atoms with Crippen LogP contribution in [0.15, 0.2) is 173 Å². The molecule has 6 aromatic carbocycles. The Hall–Kier alpha value is -6.29. The van der Waals surface area contributed by atoms with E-state index in [0.717, 1.165) is 94.6 Å². The zero-order valence-electron chi connectivity index (χ0n) is 27.6. The van der Waals surface area contributed by atoms with Crippen molar-refractivity contribution < 1.29 is 29.9 Å². The van der Waals surface area contributed by atoms with Crippen LogP contribution < -0.4 is 4.90 Å². The van der Waals surface area contributed by atoms with E-state index >= 15 is 0 Å². The van der Waals surface area contributed by atoms with Crippen molar-refractivity contribution in [1.82, 2.24) is 9.97 Å². The van der Waals surface area contributed by atoms with Crippen LogP contribution >= 0.6 is 0 Å². The van der Waals surface area contributed by atoms with Gasteiger partial charge in [-0.15, -0.1) is 59.7 Å². The molecule has 0 saturated carbocycles. The van der Waals surface area contributed by atoms with E-state index in [2.05, 4.69) is 126 Å². The van der Waals surface area contributed by atoms with E-state index in [1.54, 1.807) is 12.4 Å². The van der Waals surface area contributed by atoms with Crippen LogP contribution in [0.4, 0.5) is 17.1 Å². The van der Waals surface area contributed by atoms with Crippen molar-refractivity contribution in [3.63, 3.8) is 0 Å². The number of aromatic nitrogens is 2. The summed E-state index contributed by atoms with van der Waals surface area (Å²) >= 11 is 0. The summed E-state index contributed by atoms with van der Waals surface area (Å²) in [5.41, 5.74) is 11.5. The van der Waals surface area contributed by atoms with E-state index < -0.39 is 0 Å². The first-order valence-electron chi connectivity index (χ1n) is 16.8. The molecule has 0 unspecified atom stereocenters. The minimum atomic E-state index is 0. The average molecular weight is 865 g/mol. The maximum absolute atomic E-state index is 6.07. The van der Waals surface area contributed by atoms with Crippen LogP contribution in [0, 0.1) is 12.1 Å². The average Bonchev–Trinajstić information content (AvgIpc) is 3.76. The van der Waals surface area contributed by atoms with E-state index in [-0.39, 0.29) is 28.5 Å². The molecule has 0 N–H and O–H groups in total. The van der Waals surface area contributed by atoms with Crippen LogP contribution in [-0.4, -0.2) is 9.97 Å². The summed E-state index contributed by atoms with van der Waals surface area (Å²) in [5, 5.41) is 4.17. The van der Waals surface area contributed by atoms with Crippen molar-refractivity contribution >= 4 is 60.9 Å². The van der Waals surface area contributed by atoms with Crippen LogP contribution in [0.3, 0.4) is 0 Å². The SMILES string of the molecule is C.[Pt+2].[c-]1c(-c2cc3c(cn2)oc2ccccc23)cccc1N(c1[c-]c(-c2cc3c(cn2)oc2ccccc23)ccc1)c1ccccc1-c1ccccc1. The Labute approximate surface area is 321 Å². The fourth-order valence-electron chi connectivity index (χ4n) is 6.95. The van der Waals surface area contributed by atoms with Gasteiger partial charge in [0.25, 0.3) is 0 Å². The number of pyridine rings is 2. The Morgan fingerprint density at radius 3 is 1.51 bits per heavy atom. The second kappa shape index (κ2) is 14.0.